The minimum Gasteiger partial charge on any atom is -0.393 e. The summed E-state index contributed by atoms with van der Waals surface area (Å²) in [6.07, 6.45) is 2.83. The van der Waals surface area contributed by atoms with Gasteiger partial charge in [-0.05, 0) is 56.2 Å². The molecule has 1 N–H and O–H groups in total. The number of hydrogen-bond acceptors (Lipinski definition) is 1. The van der Waals surface area contributed by atoms with Gasteiger partial charge in [-0.2, -0.15) is 0 Å². The minimum absolute atomic E-state index is 0.0830. The van der Waals surface area contributed by atoms with E-state index in [0.717, 1.165) is 31.2 Å². The quantitative estimate of drug-likeness (QED) is 0.779. The first-order valence-electron chi connectivity index (χ1n) is 5.71. The largest absolute Gasteiger partial charge is 0.393 e. The van der Waals surface area contributed by atoms with Crippen LogP contribution in [0.4, 0.5) is 8.78 Å². The van der Waals surface area contributed by atoms with Gasteiger partial charge in [-0.3, -0.25) is 0 Å². The van der Waals surface area contributed by atoms with Crippen molar-refractivity contribution in [2.45, 2.75) is 44.6 Å². The summed E-state index contributed by atoms with van der Waals surface area (Å²) >= 11 is 0. The van der Waals surface area contributed by atoms with Crippen molar-refractivity contribution in [1.29, 1.82) is 0 Å². The van der Waals surface area contributed by atoms with Crippen LogP contribution in [0.5, 0.6) is 0 Å². The third-order valence-corrected chi connectivity index (χ3v) is 3.47. The lowest BCUT2D eigenvalue weighted by atomic mass is 9.82. The van der Waals surface area contributed by atoms with E-state index in [0.29, 0.717) is 0 Å². The lowest BCUT2D eigenvalue weighted by Crippen LogP contribution is -2.17. The third kappa shape index (κ3) is 2.24. The van der Waals surface area contributed by atoms with Gasteiger partial charge < -0.3 is 5.11 Å². The van der Waals surface area contributed by atoms with Crippen LogP contribution in [0, 0.1) is 18.6 Å². The molecule has 3 heteroatoms. The molecule has 88 valence electrons. The zero-order chi connectivity index (χ0) is 11.7. The number of aliphatic hydroxyl groups is 1. The molecule has 0 bridgehead atoms. The lowest BCUT2D eigenvalue weighted by molar-refractivity contribution is 0.122. The van der Waals surface area contributed by atoms with Crippen molar-refractivity contribution in [2.75, 3.05) is 0 Å². The summed E-state index contributed by atoms with van der Waals surface area (Å²) in [6, 6.07) is 2.86. The van der Waals surface area contributed by atoms with Gasteiger partial charge in [-0.1, -0.05) is 0 Å². The molecule has 0 radical (unpaired) electrons. The Kier molecular flexibility index (Phi) is 3.24. The van der Waals surface area contributed by atoms with Crippen LogP contribution in [0.1, 0.15) is 42.7 Å². The van der Waals surface area contributed by atoms with Crippen molar-refractivity contribution in [2.24, 2.45) is 0 Å². The molecule has 0 heterocycles. The molecule has 1 aliphatic rings. The highest BCUT2D eigenvalue weighted by Crippen LogP contribution is 2.34. The van der Waals surface area contributed by atoms with Gasteiger partial charge in [0.15, 0.2) is 0 Å². The molecule has 0 unspecified atom stereocenters. The van der Waals surface area contributed by atoms with E-state index >= 15 is 0 Å². The molecule has 1 fully saturated rings. The van der Waals surface area contributed by atoms with Crippen LogP contribution < -0.4 is 0 Å². The second-order valence-corrected chi connectivity index (χ2v) is 4.61. The first-order valence-corrected chi connectivity index (χ1v) is 5.71. The fourth-order valence-electron chi connectivity index (χ4n) is 2.31. The average molecular weight is 226 g/mol. The van der Waals surface area contributed by atoms with Crippen molar-refractivity contribution in [3.63, 3.8) is 0 Å². The van der Waals surface area contributed by atoms with Crippen molar-refractivity contribution >= 4 is 0 Å². The summed E-state index contributed by atoms with van der Waals surface area (Å²) in [5.74, 6) is -0.754. The molecule has 0 aromatic heterocycles. The number of rotatable bonds is 1. The molecule has 1 aromatic rings. The van der Waals surface area contributed by atoms with Gasteiger partial charge >= 0.3 is 0 Å². The second-order valence-electron chi connectivity index (χ2n) is 4.61. The Morgan fingerprint density at radius 2 is 1.56 bits per heavy atom. The lowest BCUT2D eigenvalue weighted by Gasteiger charge is -2.25. The first-order chi connectivity index (χ1) is 7.58. The monoisotopic (exact) mass is 226 g/mol. The van der Waals surface area contributed by atoms with E-state index in [-0.39, 0.29) is 17.6 Å². The second kappa shape index (κ2) is 4.50. The van der Waals surface area contributed by atoms with Crippen molar-refractivity contribution < 1.29 is 13.9 Å². The first kappa shape index (κ1) is 11.5. The Bertz CT molecular complexity index is 359. The Morgan fingerprint density at radius 1 is 1.06 bits per heavy atom. The third-order valence-electron chi connectivity index (χ3n) is 3.47. The van der Waals surface area contributed by atoms with E-state index in [1.165, 1.54) is 19.1 Å². The zero-order valence-electron chi connectivity index (χ0n) is 9.34. The molecule has 0 aliphatic heterocycles. The molecule has 1 aliphatic carbocycles. The van der Waals surface area contributed by atoms with Gasteiger partial charge in [0, 0.05) is 5.56 Å². The van der Waals surface area contributed by atoms with E-state index < -0.39 is 11.6 Å². The van der Waals surface area contributed by atoms with E-state index in [9.17, 15) is 13.9 Å². The predicted octanol–water partition coefficient (Wildman–Crippen LogP) is 3.29. The highest BCUT2D eigenvalue weighted by atomic mass is 19.1. The highest BCUT2D eigenvalue weighted by molar-refractivity contribution is 5.28. The molecule has 0 amide bonds. The molecule has 1 saturated carbocycles. The Hall–Kier alpha value is -0.960. The molecular weight excluding hydrogens is 210 g/mol. The maximum atomic E-state index is 13.4. The fraction of sp³-hybridized carbons (Fsp3) is 0.538. The molecule has 0 saturated heterocycles. The van der Waals surface area contributed by atoms with E-state index in [1.54, 1.807) is 0 Å². The van der Waals surface area contributed by atoms with Crippen molar-refractivity contribution in [1.82, 2.24) is 0 Å². The summed E-state index contributed by atoms with van der Waals surface area (Å²) in [5, 5.41) is 9.38. The van der Waals surface area contributed by atoms with Crippen LogP contribution in [-0.2, 0) is 0 Å². The minimum atomic E-state index is -0.471. The Labute approximate surface area is 94.1 Å². The Morgan fingerprint density at radius 3 is 2.06 bits per heavy atom. The van der Waals surface area contributed by atoms with Crippen LogP contribution in [0.3, 0.4) is 0 Å². The number of aliphatic hydroxyl groups excluding tert-OH is 1. The summed E-state index contributed by atoms with van der Waals surface area (Å²) < 4.78 is 26.8. The molecule has 0 atom stereocenters. The zero-order valence-corrected chi connectivity index (χ0v) is 9.34. The molecule has 1 aromatic carbocycles. The van der Waals surface area contributed by atoms with E-state index in [4.69, 9.17) is 0 Å². The topological polar surface area (TPSA) is 20.2 Å². The van der Waals surface area contributed by atoms with Crippen molar-refractivity contribution in [3.8, 4) is 0 Å². The average Bonchev–Trinajstić information content (AvgIpc) is 2.26. The number of hydrogen-bond donors (Lipinski definition) is 1. The van der Waals surface area contributed by atoms with Gasteiger partial charge in [0.2, 0.25) is 0 Å². The molecule has 2 rings (SSSR count). The van der Waals surface area contributed by atoms with E-state index in [1.807, 2.05) is 0 Å². The highest BCUT2D eigenvalue weighted by Gasteiger charge is 2.22. The normalized spacial score (nSPS) is 25.8. The van der Waals surface area contributed by atoms with Gasteiger partial charge in [0.25, 0.3) is 0 Å². The number of benzene rings is 1. The molecule has 16 heavy (non-hydrogen) atoms. The molecule has 1 nitrogen and oxygen atoms in total. The fourth-order valence-corrected chi connectivity index (χ4v) is 2.31. The summed E-state index contributed by atoms with van der Waals surface area (Å²) in [7, 11) is 0. The molecular formula is C13H16F2O. The maximum absolute atomic E-state index is 13.4. The summed E-state index contributed by atoms with van der Waals surface area (Å²) in [6.45, 7) is 1.44. The number of halogens is 2. The SMILES string of the molecule is Cc1c(F)cc(C2CCC(O)CC2)cc1F. The Balaban J connectivity index is 2.21. The van der Waals surface area contributed by atoms with Crippen LogP contribution in [-0.4, -0.2) is 11.2 Å². The van der Waals surface area contributed by atoms with Crippen LogP contribution in [0.15, 0.2) is 12.1 Å². The van der Waals surface area contributed by atoms with Crippen LogP contribution >= 0.6 is 0 Å². The van der Waals surface area contributed by atoms with Gasteiger partial charge in [-0.15, -0.1) is 0 Å². The molecule has 0 spiro atoms. The van der Waals surface area contributed by atoms with E-state index in [2.05, 4.69) is 0 Å². The van der Waals surface area contributed by atoms with Crippen LogP contribution in [0.25, 0.3) is 0 Å². The standard InChI is InChI=1S/C13H16F2O/c1-8-12(14)6-10(7-13(8)15)9-2-4-11(16)5-3-9/h6-7,9,11,16H,2-5H2,1H3. The van der Waals surface area contributed by atoms with Crippen molar-refractivity contribution in [3.05, 3.63) is 34.9 Å². The summed E-state index contributed by atoms with van der Waals surface area (Å²) in [4.78, 5) is 0. The van der Waals surface area contributed by atoms with Crippen LogP contribution in [0.2, 0.25) is 0 Å². The van der Waals surface area contributed by atoms with Gasteiger partial charge in [-0.25, -0.2) is 8.78 Å². The maximum Gasteiger partial charge on any atom is 0.129 e. The van der Waals surface area contributed by atoms with Gasteiger partial charge in [0.05, 0.1) is 6.10 Å². The summed E-state index contributed by atoms with van der Waals surface area (Å²) in [5.41, 5.74) is 0.812. The van der Waals surface area contributed by atoms with Gasteiger partial charge in [0.1, 0.15) is 11.6 Å². The smallest absolute Gasteiger partial charge is 0.129 e. The predicted molar refractivity (Wildman–Crippen MR) is 58.3 cm³/mol.